The van der Waals surface area contributed by atoms with Crippen molar-refractivity contribution in [2.45, 2.75) is 226 Å². The predicted octanol–water partition coefficient (Wildman–Crippen LogP) is 14.4. The second-order valence-electron chi connectivity index (χ2n) is 14.9. The zero-order valence-electron chi connectivity index (χ0n) is 35.5. The SMILES string of the molecule is CC/C=C\C/C=C\CCCCCCCC(=O)OC(COC(=O)CC/C=C\C/C=C\CCCCCCCC)COC(=O)CCCCCCCCCCCCC. The Morgan fingerprint density at radius 1 is 0.389 bits per heavy atom. The van der Waals surface area contributed by atoms with E-state index >= 15 is 0 Å². The van der Waals surface area contributed by atoms with Gasteiger partial charge in [0.15, 0.2) is 6.10 Å². The molecular formula is C48H84O6. The highest BCUT2D eigenvalue weighted by Gasteiger charge is 2.19. The van der Waals surface area contributed by atoms with Gasteiger partial charge in [-0.3, -0.25) is 14.4 Å². The van der Waals surface area contributed by atoms with Crippen LogP contribution in [0.15, 0.2) is 48.6 Å². The topological polar surface area (TPSA) is 78.9 Å². The van der Waals surface area contributed by atoms with E-state index in [1.54, 1.807) is 0 Å². The van der Waals surface area contributed by atoms with Crippen LogP contribution in [0.1, 0.15) is 220 Å². The van der Waals surface area contributed by atoms with Gasteiger partial charge in [0.05, 0.1) is 0 Å². The van der Waals surface area contributed by atoms with Crippen LogP contribution in [0.25, 0.3) is 0 Å². The molecule has 0 aromatic carbocycles. The summed E-state index contributed by atoms with van der Waals surface area (Å²) in [4.78, 5) is 37.6. The van der Waals surface area contributed by atoms with E-state index in [-0.39, 0.29) is 37.5 Å². The lowest BCUT2D eigenvalue weighted by molar-refractivity contribution is -0.166. The van der Waals surface area contributed by atoms with Crippen LogP contribution in [0.5, 0.6) is 0 Å². The minimum atomic E-state index is -0.797. The number of hydrogen-bond donors (Lipinski definition) is 0. The van der Waals surface area contributed by atoms with Crippen LogP contribution >= 0.6 is 0 Å². The summed E-state index contributed by atoms with van der Waals surface area (Å²) in [6.07, 6.45) is 49.6. The van der Waals surface area contributed by atoms with Crippen molar-refractivity contribution in [3.05, 3.63) is 48.6 Å². The molecule has 0 aromatic heterocycles. The Hall–Kier alpha value is -2.63. The van der Waals surface area contributed by atoms with Crippen LogP contribution in [0.4, 0.5) is 0 Å². The van der Waals surface area contributed by atoms with E-state index in [4.69, 9.17) is 14.2 Å². The maximum atomic E-state index is 12.7. The predicted molar refractivity (Wildman–Crippen MR) is 229 cm³/mol. The number of ether oxygens (including phenoxy) is 3. The third-order valence-corrected chi connectivity index (χ3v) is 9.58. The molecule has 0 N–H and O–H groups in total. The molecule has 1 unspecified atom stereocenters. The number of hydrogen-bond acceptors (Lipinski definition) is 6. The molecule has 0 saturated carbocycles. The molecule has 0 aliphatic carbocycles. The molecule has 0 amide bonds. The molecule has 54 heavy (non-hydrogen) atoms. The van der Waals surface area contributed by atoms with Gasteiger partial charge in [0, 0.05) is 19.3 Å². The Bertz CT molecular complexity index is 964. The Kier molecular flexibility index (Phi) is 41.0. The van der Waals surface area contributed by atoms with Gasteiger partial charge in [-0.15, -0.1) is 0 Å². The number of esters is 3. The number of carbonyl (C=O) groups is 3. The molecule has 0 aromatic rings. The van der Waals surface area contributed by atoms with Crippen molar-refractivity contribution in [1.82, 2.24) is 0 Å². The Morgan fingerprint density at radius 3 is 1.22 bits per heavy atom. The maximum Gasteiger partial charge on any atom is 0.306 e. The van der Waals surface area contributed by atoms with E-state index < -0.39 is 6.10 Å². The average molecular weight is 757 g/mol. The molecule has 0 bridgehead atoms. The van der Waals surface area contributed by atoms with E-state index in [2.05, 4.69) is 63.3 Å². The maximum absolute atomic E-state index is 12.7. The first-order valence-electron chi connectivity index (χ1n) is 22.6. The molecule has 1 atom stereocenters. The van der Waals surface area contributed by atoms with Gasteiger partial charge >= 0.3 is 17.9 Å². The third-order valence-electron chi connectivity index (χ3n) is 9.58. The lowest BCUT2D eigenvalue weighted by atomic mass is 10.1. The van der Waals surface area contributed by atoms with Gasteiger partial charge in [0.1, 0.15) is 13.2 Å². The van der Waals surface area contributed by atoms with Crippen molar-refractivity contribution in [3.63, 3.8) is 0 Å². The zero-order valence-corrected chi connectivity index (χ0v) is 35.5. The summed E-state index contributed by atoms with van der Waals surface area (Å²) in [5.74, 6) is -0.983. The standard InChI is InChI=1S/C48H84O6/c1-4-7-10-13-16-19-22-24-27-29-32-35-38-41-47(50)53-44-45(43-52-46(49)40-37-34-31-28-25-21-18-15-12-9-6-3)54-48(51)42-39-36-33-30-26-23-20-17-14-11-8-5-2/h8,11,17,20,24,27,32,35,45H,4-7,9-10,12-16,18-19,21-23,25-26,28-31,33-34,36-44H2,1-3H3/b11-8-,20-17-,27-24-,35-32-. The molecule has 6 heteroatoms. The molecule has 0 fully saturated rings. The number of allylic oxidation sites excluding steroid dienone is 8. The van der Waals surface area contributed by atoms with Gasteiger partial charge in [-0.2, -0.15) is 0 Å². The van der Waals surface area contributed by atoms with Crippen molar-refractivity contribution in [1.29, 1.82) is 0 Å². The van der Waals surface area contributed by atoms with Crippen LogP contribution in [0, 0.1) is 0 Å². The fraction of sp³-hybridized carbons (Fsp3) is 0.771. The van der Waals surface area contributed by atoms with E-state index in [1.165, 1.54) is 89.9 Å². The Balaban J connectivity index is 4.46. The number of unbranched alkanes of at least 4 members (excludes halogenated alkanes) is 21. The first-order chi connectivity index (χ1) is 26.5. The largest absolute Gasteiger partial charge is 0.462 e. The molecule has 0 heterocycles. The highest BCUT2D eigenvalue weighted by Crippen LogP contribution is 2.14. The molecule has 6 nitrogen and oxygen atoms in total. The summed E-state index contributed by atoms with van der Waals surface area (Å²) < 4.78 is 16.6. The van der Waals surface area contributed by atoms with Crippen molar-refractivity contribution in [2.24, 2.45) is 0 Å². The van der Waals surface area contributed by atoms with Crippen LogP contribution in [0.3, 0.4) is 0 Å². The summed E-state index contributed by atoms with van der Waals surface area (Å²) in [5.41, 5.74) is 0. The Morgan fingerprint density at radius 2 is 0.759 bits per heavy atom. The third kappa shape index (κ3) is 40.6. The average Bonchev–Trinajstić information content (AvgIpc) is 3.17. The molecular weight excluding hydrogens is 673 g/mol. The minimum absolute atomic E-state index is 0.0946. The highest BCUT2D eigenvalue weighted by molar-refractivity contribution is 5.71. The van der Waals surface area contributed by atoms with Crippen LogP contribution < -0.4 is 0 Å². The minimum Gasteiger partial charge on any atom is -0.462 e. The summed E-state index contributed by atoms with van der Waals surface area (Å²) in [6.45, 7) is 6.43. The molecule has 0 aliphatic rings. The van der Waals surface area contributed by atoms with Gasteiger partial charge in [-0.05, 0) is 64.2 Å². The van der Waals surface area contributed by atoms with Crippen molar-refractivity contribution in [3.8, 4) is 0 Å². The Labute approximate surface area is 333 Å². The molecule has 312 valence electrons. The van der Waals surface area contributed by atoms with Crippen LogP contribution in [0.2, 0.25) is 0 Å². The second kappa shape index (κ2) is 43.1. The van der Waals surface area contributed by atoms with Gasteiger partial charge in [0.25, 0.3) is 0 Å². The molecule has 0 spiro atoms. The first-order valence-corrected chi connectivity index (χ1v) is 22.6. The monoisotopic (exact) mass is 757 g/mol. The zero-order chi connectivity index (χ0) is 39.4. The van der Waals surface area contributed by atoms with Gasteiger partial charge < -0.3 is 14.2 Å². The van der Waals surface area contributed by atoms with E-state index in [1.807, 2.05) is 6.08 Å². The number of rotatable bonds is 40. The summed E-state index contributed by atoms with van der Waals surface area (Å²) >= 11 is 0. The summed E-state index contributed by atoms with van der Waals surface area (Å²) in [7, 11) is 0. The van der Waals surface area contributed by atoms with Crippen LogP contribution in [-0.2, 0) is 28.6 Å². The quantitative estimate of drug-likeness (QED) is 0.0268. The first kappa shape index (κ1) is 51.4. The lowest BCUT2D eigenvalue weighted by Crippen LogP contribution is -2.30. The van der Waals surface area contributed by atoms with Gasteiger partial charge in [-0.25, -0.2) is 0 Å². The fourth-order valence-electron chi connectivity index (χ4n) is 6.18. The van der Waals surface area contributed by atoms with Crippen molar-refractivity contribution in [2.75, 3.05) is 13.2 Å². The molecule has 0 saturated heterocycles. The van der Waals surface area contributed by atoms with E-state index in [0.29, 0.717) is 19.3 Å². The fourth-order valence-corrected chi connectivity index (χ4v) is 6.18. The van der Waals surface area contributed by atoms with Crippen LogP contribution in [-0.4, -0.2) is 37.2 Å². The summed E-state index contributed by atoms with van der Waals surface area (Å²) in [6, 6.07) is 0. The smallest absolute Gasteiger partial charge is 0.306 e. The summed E-state index contributed by atoms with van der Waals surface area (Å²) in [5, 5.41) is 0. The van der Waals surface area contributed by atoms with Crippen molar-refractivity contribution >= 4 is 17.9 Å². The van der Waals surface area contributed by atoms with Gasteiger partial charge in [0.2, 0.25) is 0 Å². The number of carbonyl (C=O) groups excluding carboxylic acids is 3. The van der Waals surface area contributed by atoms with Crippen molar-refractivity contribution < 1.29 is 28.6 Å². The van der Waals surface area contributed by atoms with E-state index in [9.17, 15) is 14.4 Å². The molecule has 0 aliphatic heterocycles. The second-order valence-corrected chi connectivity index (χ2v) is 14.9. The normalized spacial score (nSPS) is 12.4. The van der Waals surface area contributed by atoms with Gasteiger partial charge in [-0.1, -0.05) is 185 Å². The highest BCUT2D eigenvalue weighted by atomic mass is 16.6. The molecule has 0 rings (SSSR count). The lowest BCUT2D eigenvalue weighted by Gasteiger charge is -2.18. The molecule has 0 radical (unpaired) electrons. The van der Waals surface area contributed by atoms with E-state index in [0.717, 1.165) is 83.5 Å².